The molecule has 1 rings (SSSR count). The van der Waals surface area contributed by atoms with Crippen molar-refractivity contribution in [3.8, 4) is 12.3 Å². The predicted molar refractivity (Wildman–Crippen MR) is 125 cm³/mol. The van der Waals surface area contributed by atoms with E-state index in [1.165, 1.54) is 16.7 Å². The first-order valence-electron chi connectivity index (χ1n) is 10.2. The van der Waals surface area contributed by atoms with Crippen LogP contribution < -0.4 is 5.73 Å². The highest BCUT2D eigenvalue weighted by Crippen LogP contribution is 2.25. The second kappa shape index (κ2) is 12.9. The highest BCUT2D eigenvalue weighted by atomic mass is 14.8. The Hall–Kier alpha value is -2.37. The van der Waals surface area contributed by atoms with E-state index in [0.29, 0.717) is 12.5 Å². The maximum absolute atomic E-state index is 6.10. The minimum absolute atomic E-state index is 0.182. The minimum atomic E-state index is 0.182. The third-order valence-electron chi connectivity index (χ3n) is 5.04. The van der Waals surface area contributed by atoms with E-state index in [1.54, 1.807) is 6.08 Å². The number of rotatable bonds is 10. The zero-order valence-corrected chi connectivity index (χ0v) is 18.2. The van der Waals surface area contributed by atoms with E-state index >= 15 is 0 Å². The summed E-state index contributed by atoms with van der Waals surface area (Å²) < 4.78 is 0. The summed E-state index contributed by atoms with van der Waals surface area (Å²) in [4.78, 5) is 4.72. The Bertz CT molecular complexity index is 740. The van der Waals surface area contributed by atoms with Gasteiger partial charge in [0.25, 0.3) is 0 Å². The molecular formula is C26H36N2. The number of nitrogens with two attached hydrogens (primary N) is 1. The summed E-state index contributed by atoms with van der Waals surface area (Å²) >= 11 is 0. The van der Waals surface area contributed by atoms with Crippen molar-refractivity contribution in [2.45, 2.75) is 53.5 Å². The molecule has 0 spiro atoms. The minimum Gasteiger partial charge on any atom is -0.330 e. The fraction of sp³-hybridized carbons (Fsp3) is 0.423. The summed E-state index contributed by atoms with van der Waals surface area (Å²) in [6, 6.07) is 10.8. The van der Waals surface area contributed by atoms with Gasteiger partial charge in [-0.25, -0.2) is 0 Å². The Morgan fingerprint density at radius 3 is 2.43 bits per heavy atom. The second-order valence-electron chi connectivity index (χ2n) is 7.52. The number of benzene rings is 1. The van der Waals surface area contributed by atoms with Crippen LogP contribution in [-0.2, 0) is 6.42 Å². The molecule has 0 saturated heterocycles. The molecule has 0 aliphatic carbocycles. The van der Waals surface area contributed by atoms with Gasteiger partial charge in [-0.3, -0.25) is 4.99 Å². The van der Waals surface area contributed by atoms with Gasteiger partial charge in [0.05, 0.1) is 6.04 Å². The summed E-state index contributed by atoms with van der Waals surface area (Å²) in [5, 5.41) is 0. The van der Waals surface area contributed by atoms with Gasteiger partial charge in [-0.2, -0.15) is 0 Å². The largest absolute Gasteiger partial charge is 0.330 e. The van der Waals surface area contributed by atoms with Crippen molar-refractivity contribution in [3.63, 3.8) is 0 Å². The molecule has 3 unspecified atom stereocenters. The molecule has 1 aromatic carbocycles. The fourth-order valence-corrected chi connectivity index (χ4v) is 3.54. The summed E-state index contributed by atoms with van der Waals surface area (Å²) in [5.41, 5.74) is 11.1. The Morgan fingerprint density at radius 2 is 1.89 bits per heavy atom. The van der Waals surface area contributed by atoms with Crippen LogP contribution in [-0.4, -0.2) is 18.3 Å². The number of hydrogen-bond acceptors (Lipinski definition) is 2. The lowest BCUT2D eigenvalue weighted by Gasteiger charge is -2.23. The van der Waals surface area contributed by atoms with E-state index in [4.69, 9.17) is 17.1 Å². The molecule has 1 aromatic rings. The Kier molecular flexibility index (Phi) is 10.9. The molecule has 0 fully saturated rings. The van der Waals surface area contributed by atoms with Gasteiger partial charge in [0.2, 0.25) is 0 Å². The highest BCUT2D eigenvalue weighted by Gasteiger charge is 2.19. The highest BCUT2D eigenvalue weighted by molar-refractivity contribution is 5.79. The molecule has 0 aliphatic heterocycles. The van der Waals surface area contributed by atoms with Crippen molar-refractivity contribution in [3.05, 3.63) is 71.3 Å². The number of aliphatic imine (C=N–C) groups is 1. The van der Waals surface area contributed by atoms with Crippen molar-refractivity contribution in [1.82, 2.24) is 0 Å². The van der Waals surface area contributed by atoms with Crippen molar-refractivity contribution in [1.29, 1.82) is 0 Å². The van der Waals surface area contributed by atoms with E-state index in [-0.39, 0.29) is 12.0 Å². The zero-order valence-electron chi connectivity index (χ0n) is 18.2. The van der Waals surface area contributed by atoms with E-state index in [2.05, 4.69) is 75.3 Å². The van der Waals surface area contributed by atoms with Gasteiger partial charge in [-0.1, -0.05) is 67.0 Å². The van der Waals surface area contributed by atoms with Crippen LogP contribution in [0.15, 0.2) is 70.8 Å². The molecule has 2 nitrogen and oxygen atoms in total. The third-order valence-corrected chi connectivity index (χ3v) is 5.04. The molecule has 28 heavy (non-hydrogen) atoms. The molecule has 0 aliphatic rings. The Balaban J connectivity index is 3.02. The molecule has 0 bridgehead atoms. The molecule has 0 radical (unpaired) electrons. The summed E-state index contributed by atoms with van der Waals surface area (Å²) in [6.45, 7) is 11.2. The van der Waals surface area contributed by atoms with E-state index in [0.717, 1.165) is 18.6 Å². The standard InChI is InChI=1S/C26H36N2/c1-7-9-15-25(21(5)18-23-13-11-10-12-14-23)17-16-24(8-2)26(19-27)22(6)28-20(3)4/h1,8-15,17,21-22,26H,16,18-19,27H2,2-6H3/b15-9-,24-8-,25-17+. The fourth-order valence-electron chi connectivity index (χ4n) is 3.54. The van der Waals surface area contributed by atoms with E-state index in [9.17, 15) is 0 Å². The molecule has 2 N–H and O–H groups in total. The van der Waals surface area contributed by atoms with Crippen LogP contribution in [0.3, 0.4) is 0 Å². The van der Waals surface area contributed by atoms with Gasteiger partial charge in [-0.05, 0) is 63.7 Å². The third kappa shape index (κ3) is 8.11. The quantitative estimate of drug-likeness (QED) is 0.240. The van der Waals surface area contributed by atoms with Crippen molar-refractivity contribution in [2.75, 3.05) is 6.54 Å². The predicted octanol–water partition coefficient (Wildman–Crippen LogP) is 5.76. The first-order chi connectivity index (χ1) is 13.4. The molecular weight excluding hydrogens is 340 g/mol. The summed E-state index contributed by atoms with van der Waals surface area (Å²) in [7, 11) is 0. The molecule has 0 heterocycles. The smallest absolute Gasteiger partial charge is 0.0548 e. The molecule has 0 aromatic heterocycles. The van der Waals surface area contributed by atoms with Crippen LogP contribution in [0.4, 0.5) is 0 Å². The maximum atomic E-state index is 6.10. The lowest BCUT2D eigenvalue weighted by atomic mass is 9.87. The molecule has 0 amide bonds. The first-order valence-corrected chi connectivity index (χ1v) is 10.2. The number of allylic oxidation sites excluding steroid dienone is 5. The second-order valence-corrected chi connectivity index (χ2v) is 7.52. The molecule has 2 heteroatoms. The lowest BCUT2D eigenvalue weighted by molar-refractivity contribution is 0.512. The Morgan fingerprint density at radius 1 is 1.21 bits per heavy atom. The van der Waals surface area contributed by atoms with Crippen LogP contribution in [0.1, 0.15) is 46.6 Å². The normalized spacial score (nSPS) is 15.8. The zero-order chi connectivity index (χ0) is 20.9. The first kappa shape index (κ1) is 23.7. The van der Waals surface area contributed by atoms with Crippen LogP contribution >= 0.6 is 0 Å². The molecule has 3 atom stereocenters. The van der Waals surface area contributed by atoms with Gasteiger partial charge in [0, 0.05) is 18.2 Å². The average molecular weight is 377 g/mol. The monoisotopic (exact) mass is 376 g/mol. The number of nitrogens with zero attached hydrogens (tertiary/aromatic N) is 1. The van der Waals surface area contributed by atoms with Crippen LogP contribution in [0.2, 0.25) is 0 Å². The lowest BCUT2D eigenvalue weighted by Crippen LogP contribution is -2.27. The average Bonchev–Trinajstić information content (AvgIpc) is 2.67. The SMILES string of the molecule is C#C/C=C\C(=C/C/C(=C/C)C(CN)C(C)N=C(C)C)C(C)Cc1ccccc1. The Labute approximate surface area is 172 Å². The number of hydrogen-bond donors (Lipinski definition) is 1. The van der Waals surface area contributed by atoms with Crippen molar-refractivity contribution < 1.29 is 0 Å². The molecule has 150 valence electrons. The van der Waals surface area contributed by atoms with Crippen LogP contribution in [0, 0.1) is 24.2 Å². The van der Waals surface area contributed by atoms with Gasteiger partial charge in [0.15, 0.2) is 0 Å². The van der Waals surface area contributed by atoms with E-state index in [1.807, 2.05) is 13.8 Å². The van der Waals surface area contributed by atoms with E-state index < -0.39 is 0 Å². The van der Waals surface area contributed by atoms with Gasteiger partial charge < -0.3 is 5.73 Å². The topological polar surface area (TPSA) is 38.4 Å². The maximum Gasteiger partial charge on any atom is 0.0548 e. The molecule has 0 saturated carbocycles. The van der Waals surface area contributed by atoms with Gasteiger partial charge in [-0.15, -0.1) is 6.42 Å². The van der Waals surface area contributed by atoms with Crippen molar-refractivity contribution >= 4 is 5.71 Å². The summed E-state index contributed by atoms with van der Waals surface area (Å²) in [5.74, 6) is 3.25. The van der Waals surface area contributed by atoms with Gasteiger partial charge >= 0.3 is 0 Å². The van der Waals surface area contributed by atoms with Gasteiger partial charge in [0.1, 0.15) is 0 Å². The number of terminal acetylenes is 1. The van der Waals surface area contributed by atoms with Crippen LogP contribution in [0.5, 0.6) is 0 Å². The van der Waals surface area contributed by atoms with Crippen LogP contribution in [0.25, 0.3) is 0 Å². The van der Waals surface area contributed by atoms with Crippen molar-refractivity contribution in [2.24, 2.45) is 22.6 Å². The summed E-state index contributed by atoms with van der Waals surface area (Å²) in [6.07, 6.45) is 15.7.